The highest BCUT2D eigenvalue weighted by molar-refractivity contribution is 14.0. The lowest BCUT2D eigenvalue weighted by molar-refractivity contribution is 0.134. The van der Waals surface area contributed by atoms with E-state index in [2.05, 4.69) is 59.7 Å². The molecule has 0 bridgehead atoms. The van der Waals surface area contributed by atoms with Gasteiger partial charge in [-0.1, -0.05) is 30.3 Å². The van der Waals surface area contributed by atoms with Gasteiger partial charge in [0.25, 0.3) is 0 Å². The molecule has 0 aromatic heterocycles. The van der Waals surface area contributed by atoms with Gasteiger partial charge < -0.3 is 15.7 Å². The van der Waals surface area contributed by atoms with Crippen molar-refractivity contribution in [2.75, 3.05) is 26.2 Å². The number of benzene rings is 1. The summed E-state index contributed by atoms with van der Waals surface area (Å²) in [6, 6.07) is 11.7. The predicted octanol–water partition coefficient (Wildman–Crippen LogP) is 2.99. The van der Waals surface area contributed by atoms with Gasteiger partial charge in [0.05, 0.1) is 13.2 Å². The van der Waals surface area contributed by atoms with Gasteiger partial charge in [0, 0.05) is 37.1 Å². The van der Waals surface area contributed by atoms with Crippen LogP contribution in [0.25, 0.3) is 0 Å². The molecular formula is C21H35IN4O. The van der Waals surface area contributed by atoms with Crippen LogP contribution in [0.5, 0.6) is 0 Å². The Morgan fingerprint density at radius 1 is 1.30 bits per heavy atom. The Balaban J connectivity index is 0.00000261. The molecule has 27 heavy (non-hydrogen) atoms. The summed E-state index contributed by atoms with van der Waals surface area (Å²) in [5.74, 6) is 0.904. The van der Waals surface area contributed by atoms with Gasteiger partial charge in [0.2, 0.25) is 0 Å². The molecule has 1 saturated carbocycles. The molecule has 3 N–H and O–H groups in total. The summed E-state index contributed by atoms with van der Waals surface area (Å²) < 4.78 is 0. The standard InChI is InChI=1S/C21H34N4O.HI/c1-3-22-20(23-15-21(16-26)10-11-21)24-19-9-12-25(17(2)13-19)14-18-7-5-4-6-8-18;/h4-8,17,19,26H,3,9-16H2,1-2H3,(H2,22,23,24);1H. The van der Waals surface area contributed by atoms with Crippen molar-refractivity contribution in [2.24, 2.45) is 10.4 Å². The van der Waals surface area contributed by atoms with Crippen LogP contribution in [0.15, 0.2) is 35.3 Å². The van der Waals surface area contributed by atoms with Crippen molar-refractivity contribution in [3.8, 4) is 0 Å². The minimum atomic E-state index is 0. The van der Waals surface area contributed by atoms with Crippen LogP contribution >= 0.6 is 24.0 Å². The molecule has 1 aromatic rings. The fourth-order valence-corrected chi connectivity index (χ4v) is 3.71. The van der Waals surface area contributed by atoms with Gasteiger partial charge in [0.1, 0.15) is 0 Å². The summed E-state index contributed by atoms with van der Waals surface area (Å²) in [4.78, 5) is 7.32. The van der Waals surface area contributed by atoms with Crippen LogP contribution in [-0.2, 0) is 6.54 Å². The highest BCUT2D eigenvalue weighted by atomic mass is 127. The van der Waals surface area contributed by atoms with Gasteiger partial charge in [-0.3, -0.25) is 9.89 Å². The summed E-state index contributed by atoms with van der Waals surface area (Å²) in [7, 11) is 0. The van der Waals surface area contributed by atoms with Crippen LogP contribution in [0.3, 0.4) is 0 Å². The molecule has 1 aliphatic carbocycles. The third-order valence-corrected chi connectivity index (χ3v) is 5.79. The van der Waals surface area contributed by atoms with Gasteiger partial charge in [-0.25, -0.2) is 0 Å². The first-order valence-electron chi connectivity index (χ1n) is 10.1. The third kappa shape index (κ3) is 6.61. The second-order valence-corrected chi connectivity index (χ2v) is 8.02. The zero-order chi connectivity index (χ0) is 18.4. The lowest BCUT2D eigenvalue weighted by Gasteiger charge is -2.38. The van der Waals surface area contributed by atoms with Crippen LogP contribution < -0.4 is 10.6 Å². The van der Waals surface area contributed by atoms with Crippen molar-refractivity contribution in [3.05, 3.63) is 35.9 Å². The molecule has 1 saturated heterocycles. The minimum absolute atomic E-state index is 0. The number of halogens is 1. The Kier molecular flexibility index (Phi) is 8.82. The lowest BCUT2D eigenvalue weighted by Crippen LogP contribution is -2.51. The summed E-state index contributed by atoms with van der Waals surface area (Å²) >= 11 is 0. The quantitative estimate of drug-likeness (QED) is 0.315. The maximum Gasteiger partial charge on any atom is 0.191 e. The van der Waals surface area contributed by atoms with Crippen molar-refractivity contribution in [3.63, 3.8) is 0 Å². The van der Waals surface area contributed by atoms with Crippen molar-refractivity contribution in [1.82, 2.24) is 15.5 Å². The van der Waals surface area contributed by atoms with Gasteiger partial charge in [-0.2, -0.15) is 0 Å². The summed E-state index contributed by atoms with van der Waals surface area (Å²) in [5, 5.41) is 16.5. The van der Waals surface area contributed by atoms with E-state index in [0.29, 0.717) is 12.1 Å². The number of nitrogens with zero attached hydrogens (tertiary/aromatic N) is 2. The highest BCUT2D eigenvalue weighted by Gasteiger charge is 2.41. The largest absolute Gasteiger partial charge is 0.396 e. The first-order chi connectivity index (χ1) is 12.6. The number of hydrogen-bond donors (Lipinski definition) is 3. The predicted molar refractivity (Wildman–Crippen MR) is 123 cm³/mol. The Morgan fingerprint density at radius 3 is 2.63 bits per heavy atom. The maximum atomic E-state index is 9.49. The number of hydrogen-bond acceptors (Lipinski definition) is 3. The van der Waals surface area contributed by atoms with Crippen LogP contribution in [0, 0.1) is 5.41 Å². The normalized spacial score (nSPS) is 24.8. The van der Waals surface area contributed by atoms with Crippen LogP contribution in [-0.4, -0.2) is 54.3 Å². The molecule has 1 heterocycles. The molecule has 2 unspecified atom stereocenters. The average molecular weight is 486 g/mol. The second-order valence-electron chi connectivity index (χ2n) is 8.02. The zero-order valence-corrected chi connectivity index (χ0v) is 19.0. The fraction of sp³-hybridized carbons (Fsp3) is 0.667. The first kappa shape index (κ1) is 22.4. The number of aliphatic hydroxyl groups excluding tert-OH is 1. The Hall–Kier alpha value is -0.860. The van der Waals surface area contributed by atoms with E-state index in [1.54, 1.807) is 0 Å². The van der Waals surface area contributed by atoms with E-state index in [0.717, 1.165) is 57.8 Å². The Bertz CT molecular complexity index is 591. The molecular weight excluding hydrogens is 451 g/mol. The smallest absolute Gasteiger partial charge is 0.191 e. The van der Waals surface area contributed by atoms with Crippen molar-refractivity contribution in [2.45, 2.75) is 58.2 Å². The molecule has 0 spiro atoms. The van der Waals surface area contributed by atoms with Crippen LogP contribution in [0.4, 0.5) is 0 Å². The van der Waals surface area contributed by atoms with E-state index < -0.39 is 0 Å². The van der Waals surface area contributed by atoms with Crippen molar-refractivity contribution < 1.29 is 5.11 Å². The lowest BCUT2D eigenvalue weighted by atomic mass is 9.97. The number of piperidine rings is 1. The van der Waals surface area contributed by atoms with E-state index in [-0.39, 0.29) is 36.0 Å². The van der Waals surface area contributed by atoms with Gasteiger partial charge in [-0.05, 0) is 45.1 Å². The highest BCUT2D eigenvalue weighted by Crippen LogP contribution is 2.45. The first-order valence-corrected chi connectivity index (χ1v) is 10.1. The molecule has 1 aromatic carbocycles. The fourth-order valence-electron chi connectivity index (χ4n) is 3.71. The number of guanidine groups is 1. The monoisotopic (exact) mass is 486 g/mol. The Morgan fingerprint density at radius 2 is 2.04 bits per heavy atom. The van der Waals surface area contributed by atoms with Crippen molar-refractivity contribution >= 4 is 29.9 Å². The van der Waals surface area contributed by atoms with E-state index in [1.165, 1.54) is 5.56 Å². The molecule has 1 aliphatic heterocycles. The summed E-state index contributed by atoms with van der Waals surface area (Å²) in [6.07, 6.45) is 4.46. The maximum absolute atomic E-state index is 9.49. The number of rotatable bonds is 7. The van der Waals surface area contributed by atoms with Crippen molar-refractivity contribution in [1.29, 1.82) is 0 Å². The molecule has 5 nitrogen and oxygen atoms in total. The average Bonchev–Trinajstić information content (AvgIpc) is 3.44. The molecule has 2 atom stereocenters. The van der Waals surface area contributed by atoms with Gasteiger partial charge in [-0.15, -0.1) is 24.0 Å². The van der Waals surface area contributed by atoms with Crippen LogP contribution in [0.1, 0.15) is 45.1 Å². The minimum Gasteiger partial charge on any atom is -0.396 e. The van der Waals surface area contributed by atoms with Crippen LogP contribution in [0.2, 0.25) is 0 Å². The SMILES string of the molecule is CCNC(=NCC1(CO)CC1)NC1CCN(Cc2ccccc2)C(C)C1.I. The molecule has 2 aliphatic rings. The van der Waals surface area contributed by atoms with E-state index in [4.69, 9.17) is 4.99 Å². The summed E-state index contributed by atoms with van der Waals surface area (Å²) in [5.41, 5.74) is 1.45. The number of aliphatic imine (C=N–C) groups is 1. The van der Waals surface area contributed by atoms with Gasteiger partial charge in [0.15, 0.2) is 5.96 Å². The zero-order valence-electron chi connectivity index (χ0n) is 16.7. The number of likely N-dealkylation sites (tertiary alicyclic amines) is 1. The molecule has 152 valence electrons. The molecule has 6 heteroatoms. The molecule has 0 amide bonds. The molecule has 0 radical (unpaired) electrons. The number of nitrogens with one attached hydrogen (secondary N) is 2. The number of aliphatic hydroxyl groups is 1. The molecule has 3 rings (SSSR count). The topological polar surface area (TPSA) is 59.9 Å². The van der Waals surface area contributed by atoms with E-state index in [9.17, 15) is 5.11 Å². The molecule has 2 fully saturated rings. The van der Waals surface area contributed by atoms with E-state index in [1.807, 2.05) is 0 Å². The van der Waals surface area contributed by atoms with E-state index >= 15 is 0 Å². The second kappa shape index (κ2) is 10.6. The third-order valence-electron chi connectivity index (χ3n) is 5.79. The Labute approximate surface area is 181 Å². The summed E-state index contributed by atoms with van der Waals surface area (Å²) in [6.45, 7) is 8.40. The van der Waals surface area contributed by atoms with Gasteiger partial charge >= 0.3 is 0 Å².